The number of hydrogen-bond acceptors (Lipinski definition) is 4. The van der Waals surface area contributed by atoms with E-state index in [0.29, 0.717) is 24.2 Å². The highest BCUT2D eigenvalue weighted by Gasteiger charge is 2.16. The normalized spacial score (nSPS) is 11.0. The molecule has 0 heterocycles. The second-order valence-corrected chi connectivity index (χ2v) is 7.52. The molecule has 0 saturated carbocycles. The minimum absolute atomic E-state index is 0. The van der Waals surface area contributed by atoms with Gasteiger partial charge in [0.05, 0.1) is 11.0 Å². The zero-order valence-corrected chi connectivity index (χ0v) is 14.2. The number of carbonyl (C=O) groups is 1. The lowest BCUT2D eigenvalue weighted by Crippen LogP contribution is -2.19. The molecule has 5 nitrogen and oxygen atoms in total. The minimum atomic E-state index is -3.13. The molecule has 0 aromatic heterocycles. The highest BCUT2D eigenvalue weighted by atomic mass is 35.5. The van der Waals surface area contributed by atoms with Gasteiger partial charge in [0, 0.05) is 18.7 Å². The van der Waals surface area contributed by atoms with Gasteiger partial charge < -0.3 is 10.6 Å². The summed E-state index contributed by atoms with van der Waals surface area (Å²) < 4.78 is 23.8. The van der Waals surface area contributed by atoms with Gasteiger partial charge in [-0.1, -0.05) is 12.1 Å². The number of nitrogens with one attached hydrogen (secondary N) is 2. The van der Waals surface area contributed by atoms with E-state index in [0.717, 1.165) is 0 Å². The van der Waals surface area contributed by atoms with E-state index < -0.39 is 15.1 Å². The van der Waals surface area contributed by atoms with Crippen molar-refractivity contribution in [2.24, 2.45) is 0 Å². The molecule has 1 amide bonds. The van der Waals surface area contributed by atoms with Crippen LogP contribution in [-0.4, -0.2) is 33.2 Å². The van der Waals surface area contributed by atoms with Crippen molar-refractivity contribution < 1.29 is 13.2 Å². The van der Waals surface area contributed by atoms with Gasteiger partial charge in [0.25, 0.3) is 0 Å². The molecule has 7 heteroatoms. The predicted octanol–water partition coefficient (Wildman–Crippen LogP) is 1.98. The van der Waals surface area contributed by atoms with Crippen molar-refractivity contribution in [3.63, 3.8) is 0 Å². The number of sulfone groups is 1. The Balaban J connectivity index is 0.00000400. The average molecular weight is 335 g/mol. The molecule has 0 spiro atoms. The van der Waals surface area contributed by atoms with Gasteiger partial charge in [-0.15, -0.1) is 12.4 Å². The van der Waals surface area contributed by atoms with Crippen LogP contribution in [0.2, 0.25) is 0 Å². The van der Waals surface area contributed by atoms with Gasteiger partial charge in [0.1, 0.15) is 0 Å². The van der Waals surface area contributed by atoms with Gasteiger partial charge in [-0.05, 0) is 38.6 Å². The minimum Gasteiger partial charge on any atom is -0.326 e. The largest absolute Gasteiger partial charge is 0.326 e. The van der Waals surface area contributed by atoms with Crippen LogP contribution in [0.4, 0.5) is 5.69 Å². The van der Waals surface area contributed by atoms with Gasteiger partial charge in [0.2, 0.25) is 5.91 Å². The van der Waals surface area contributed by atoms with Crippen molar-refractivity contribution in [2.75, 3.05) is 18.9 Å². The molecule has 0 saturated heterocycles. The topological polar surface area (TPSA) is 75.3 Å². The number of rotatable bonds is 7. The van der Waals surface area contributed by atoms with Gasteiger partial charge in [-0.2, -0.15) is 0 Å². The number of halogens is 1. The molecule has 0 aliphatic rings. The first-order valence-electron chi connectivity index (χ1n) is 6.60. The summed E-state index contributed by atoms with van der Waals surface area (Å²) in [6, 6.07) is 6.96. The third kappa shape index (κ3) is 6.93. The van der Waals surface area contributed by atoms with Gasteiger partial charge in [0.15, 0.2) is 9.84 Å². The number of amides is 1. The van der Waals surface area contributed by atoms with Crippen molar-refractivity contribution in [3.8, 4) is 0 Å². The Bertz CT molecular complexity index is 559. The van der Waals surface area contributed by atoms with Gasteiger partial charge in [-0.3, -0.25) is 4.79 Å². The maximum absolute atomic E-state index is 11.9. The fraction of sp³-hybridized carbons (Fsp3) is 0.500. The Morgan fingerprint density at radius 1 is 1.29 bits per heavy atom. The molecular formula is C14H23ClN2O3S. The summed E-state index contributed by atoms with van der Waals surface area (Å²) in [5, 5.41) is 5.25. The molecule has 2 N–H and O–H groups in total. The Morgan fingerprint density at radius 2 is 1.95 bits per heavy atom. The molecule has 0 aliphatic heterocycles. The summed E-state index contributed by atoms with van der Waals surface area (Å²) in [4.78, 5) is 11.6. The van der Waals surface area contributed by atoms with Crippen molar-refractivity contribution in [1.29, 1.82) is 0 Å². The zero-order chi connectivity index (χ0) is 15.2. The lowest BCUT2D eigenvalue weighted by molar-refractivity contribution is -0.116. The maximum Gasteiger partial charge on any atom is 0.225 e. The summed E-state index contributed by atoms with van der Waals surface area (Å²) in [6.07, 6.45) is 0.380. The predicted molar refractivity (Wildman–Crippen MR) is 88.6 cm³/mol. The number of hydrogen-bond donors (Lipinski definition) is 2. The van der Waals surface area contributed by atoms with E-state index in [1.807, 2.05) is 0 Å². The van der Waals surface area contributed by atoms with E-state index in [1.165, 1.54) is 0 Å². The van der Waals surface area contributed by atoms with Crippen LogP contribution in [0.25, 0.3) is 0 Å². The molecular weight excluding hydrogens is 312 g/mol. The molecule has 0 fully saturated rings. The highest BCUT2D eigenvalue weighted by Crippen LogP contribution is 2.15. The molecule has 21 heavy (non-hydrogen) atoms. The second kappa shape index (κ2) is 9.02. The lowest BCUT2D eigenvalue weighted by atomic mass is 10.2. The Morgan fingerprint density at radius 3 is 2.52 bits per heavy atom. The zero-order valence-electron chi connectivity index (χ0n) is 12.5. The van der Waals surface area contributed by atoms with E-state index in [2.05, 4.69) is 10.6 Å². The quantitative estimate of drug-likeness (QED) is 0.799. The molecule has 0 unspecified atom stereocenters. The van der Waals surface area contributed by atoms with Crippen LogP contribution in [-0.2, 0) is 20.4 Å². The molecule has 0 atom stereocenters. The number of anilines is 1. The standard InChI is InChI=1S/C14H22N2O3S.ClH/c1-11(2)20(18,19)10-12-5-4-6-13(9-12)16-14(17)7-8-15-3;/h4-6,9,11,15H,7-8,10H2,1-3H3,(H,16,17);1H. The summed E-state index contributed by atoms with van der Waals surface area (Å²) in [7, 11) is -1.35. The van der Waals surface area contributed by atoms with Crippen LogP contribution in [0.3, 0.4) is 0 Å². The molecule has 1 aromatic carbocycles. The molecule has 1 aromatic rings. The monoisotopic (exact) mass is 334 g/mol. The van der Waals surface area contributed by atoms with E-state index in [9.17, 15) is 13.2 Å². The molecule has 0 radical (unpaired) electrons. The fourth-order valence-electron chi connectivity index (χ4n) is 1.60. The van der Waals surface area contributed by atoms with Crippen LogP contribution in [0, 0.1) is 0 Å². The van der Waals surface area contributed by atoms with Crippen LogP contribution >= 0.6 is 12.4 Å². The van der Waals surface area contributed by atoms with Crippen LogP contribution < -0.4 is 10.6 Å². The number of carbonyl (C=O) groups excluding carboxylic acids is 1. The molecule has 1 rings (SSSR count). The van der Waals surface area contributed by atoms with E-state index >= 15 is 0 Å². The summed E-state index contributed by atoms with van der Waals surface area (Å²) in [6.45, 7) is 3.94. The lowest BCUT2D eigenvalue weighted by Gasteiger charge is -2.10. The first-order chi connectivity index (χ1) is 9.35. The van der Waals surface area contributed by atoms with Crippen molar-refractivity contribution in [3.05, 3.63) is 29.8 Å². The highest BCUT2D eigenvalue weighted by molar-refractivity contribution is 7.91. The smallest absolute Gasteiger partial charge is 0.225 e. The Labute approximate surface area is 132 Å². The SMILES string of the molecule is CNCCC(=O)Nc1cccc(CS(=O)(=O)C(C)C)c1.Cl. The molecule has 120 valence electrons. The fourth-order valence-corrected chi connectivity index (χ4v) is 2.58. The van der Waals surface area contributed by atoms with E-state index in [-0.39, 0.29) is 24.1 Å². The third-order valence-electron chi connectivity index (χ3n) is 2.90. The molecule has 0 bridgehead atoms. The Hall–Kier alpha value is -1.11. The van der Waals surface area contributed by atoms with Crippen molar-refractivity contribution in [2.45, 2.75) is 31.3 Å². The third-order valence-corrected chi connectivity index (χ3v) is 5.07. The summed E-state index contributed by atoms with van der Waals surface area (Å²) in [5.41, 5.74) is 1.31. The summed E-state index contributed by atoms with van der Waals surface area (Å²) >= 11 is 0. The van der Waals surface area contributed by atoms with Crippen molar-refractivity contribution in [1.82, 2.24) is 5.32 Å². The maximum atomic E-state index is 11.9. The Kier molecular flexibility index (Phi) is 8.54. The van der Waals surface area contributed by atoms with Gasteiger partial charge >= 0.3 is 0 Å². The first kappa shape index (κ1) is 19.9. The summed E-state index contributed by atoms with van der Waals surface area (Å²) in [5.74, 6) is -0.103. The van der Waals surface area contributed by atoms with Gasteiger partial charge in [-0.25, -0.2) is 8.42 Å². The number of benzene rings is 1. The van der Waals surface area contributed by atoms with Crippen molar-refractivity contribution >= 4 is 33.8 Å². The van der Waals surface area contributed by atoms with Crippen LogP contribution in [0.15, 0.2) is 24.3 Å². The van der Waals surface area contributed by atoms with Crippen LogP contribution in [0.1, 0.15) is 25.8 Å². The second-order valence-electron chi connectivity index (χ2n) is 4.96. The average Bonchev–Trinajstić information content (AvgIpc) is 2.36. The first-order valence-corrected chi connectivity index (χ1v) is 8.31. The van der Waals surface area contributed by atoms with Crippen LogP contribution in [0.5, 0.6) is 0 Å². The van der Waals surface area contributed by atoms with E-state index in [1.54, 1.807) is 45.2 Å². The molecule has 0 aliphatic carbocycles. The van der Waals surface area contributed by atoms with E-state index in [4.69, 9.17) is 0 Å².